The van der Waals surface area contributed by atoms with E-state index in [4.69, 9.17) is 0 Å². The molecule has 0 spiro atoms. The fourth-order valence-corrected chi connectivity index (χ4v) is 3.04. The molecule has 0 unspecified atom stereocenters. The first-order chi connectivity index (χ1) is 9.61. The molecule has 0 amide bonds. The Morgan fingerprint density at radius 3 is 2.65 bits per heavy atom. The molecule has 0 aliphatic heterocycles. The van der Waals surface area contributed by atoms with Crippen LogP contribution in [0.2, 0.25) is 0 Å². The van der Waals surface area contributed by atoms with E-state index in [0.29, 0.717) is 5.69 Å². The van der Waals surface area contributed by atoms with Crippen LogP contribution in [0.3, 0.4) is 0 Å². The van der Waals surface area contributed by atoms with Gasteiger partial charge < -0.3 is 5.32 Å². The molecule has 1 aromatic rings. The molecule has 4 nitrogen and oxygen atoms in total. The highest BCUT2D eigenvalue weighted by atomic mass is 19.1. The van der Waals surface area contributed by atoms with Gasteiger partial charge in [-0.25, -0.2) is 0 Å². The number of hydrogen-bond donors (Lipinski definition) is 1. The SMILES string of the molecule is CCCC1CCC(Nc2cccc(F)c2[N+](=O)[O-])CC1. The fourth-order valence-electron chi connectivity index (χ4n) is 3.04. The summed E-state index contributed by atoms with van der Waals surface area (Å²) in [4.78, 5) is 10.3. The van der Waals surface area contributed by atoms with Crippen LogP contribution in [0.25, 0.3) is 0 Å². The lowest BCUT2D eigenvalue weighted by Crippen LogP contribution is -2.26. The Kier molecular flexibility index (Phi) is 4.93. The predicted octanol–water partition coefficient (Wildman–Crippen LogP) is 4.50. The van der Waals surface area contributed by atoms with Crippen molar-refractivity contribution in [1.82, 2.24) is 0 Å². The van der Waals surface area contributed by atoms with Gasteiger partial charge in [-0.1, -0.05) is 25.8 Å². The average Bonchev–Trinajstić information content (AvgIpc) is 2.41. The number of hydrogen-bond acceptors (Lipinski definition) is 3. The summed E-state index contributed by atoms with van der Waals surface area (Å²) in [6, 6.07) is 4.43. The third-order valence-electron chi connectivity index (χ3n) is 4.07. The lowest BCUT2D eigenvalue weighted by atomic mass is 9.83. The van der Waals surface area contributed by atoms with E-state index in [2.05, 4.69) is 12.2 Å². The van der Waals surface area contributed by atoms with Gasteiger partial charge in [-0.05, 0) is 43.7 Å². The summed E-state index contributed by atoms with van der Waals surface area (Å²) in [6.45, 7) is 2.19. The van der Waals surface area contributed by atoms with Gasteiger partial charge >= 0.3 is 5.69 Å². The zero-order chi connectivity index (χ0) is 14.5. The van der Waals surface area contributed by atoms with Crippen LogP contribution in [0.15, 0.2) is 18.2 Å². The standard InChI is InChI=1S/C15H21FN2O2/c1-2-4-11-7-9-12(10-8-11)17-14-6-3-5-13(16)15(14)18(19)20/h3,5-6,11-12,17H,2,4,7-10H2,1H3. The normalized spacial score (nSPS) is 22.5. The maximum absolute atomic E-state index is 13.5. The second kappa shape index (κ2) is 6.68. The predicted molar refractivity (Wildman–Crippen MR) is 77.3 cm³/mol. The molecule has 0 heterocycles. The number of benzene rings is 1. The van der Waals surface area contributed by atoms with Crippen molar-refractivity contribution in [3.8, 4) is 0 Å². The third kappa shape index (κ3) is 3.46. The Bertz CT molecular complexity index is 471. The van der Waals surface area contributed by atoms with Gasteiger partial charge in [0.2, 0.25) is 5.82 Å². The summed E-state index contributed by atoms with van der Waals surface area (Å²) < 4.78 is 13.5. The molecule has 0 bridgehead atoms. The zero-order valence-corrected chi connectivity index (χ0v) is 11.8. The molecule has 1 aliphatic carbocycles. The van der Waals surface area contributed by atoms with Gasteiger partial charge in [-0.3, -0.25) is 10.1 Å². The highest BCUT2D eigenvalue weighted by molar-refractivity contribution is 5.62. The van der Waals surface area contributed by atoms with Crippen LogP contribution in [0.1, 0.15) is 45.4 Å². The van der Waals surface area contributed by atoms with E-state index in [0.717, 1.165) is 37.7 Å². The molecule has 0 radical (unpaired) electrons. The van der Waals surface area contributed by atoms with Crippen molar-refractivity contribution in [2.75, 3.05) is 5.32 Å². The molecule has 2 rings (SSSR count). The summed E-state index contributed by atoms with van der Waals surface area (Å²) >= 11 is 0. The molecule has 1 aliphatic rings. The molecule has 1 N–H and O–H groups in total. The minimum Gasteiger partial charge on any atom is -0.377 e. The van der Waals surface area contributed by atoms with E-state index in [9.17, 15) is 14.5 Å². The second-order valence-electron chi connectivity index (χ2n) is 5.54. The minimum absolute atomic E-state index is 0.212. The monoisotopic (exact) mass is 280 g/mol. The molecule has 1 fully saturated rings. The third-order valence-corrected chi connectivity index (χ3v) is 4.07. The van der Waals surface area contributed by atoms with Crippen LogP contribution in [0, 0.1) is 21.8 Å². The number of para-hydroxylation sites is 1. The first kappa shape index (κ1) is 14.8. The van der Waals surface area contributed by atoms with E-state index >= 15 is 0 Å². The molecule has 20 heavy (non-hydrogen) atoms. The summed E-state index contributed by atoms with van der Waals surface area (Å²) in [7, 11) is 0. The highest BCUT2D eigenvalue weighted by Crippen LogP contribution is 2.33. The largest absolute Gasteiger partial charge is 0.377 e. The van der Waals surface area contributed by atoms with Gasteiger partial charge in [0.1, 0.15) is 5.69 Å². The van der Waals surface area contributed by atoms with Gasteiger partial charge in [-0.15, -0.1) is 0 Å². The van der Waals surface area contributed by atoms with Crippen molar-refractivity contribution in [1.29, 1.82) is 0 Å². The molecule has 1 saturated carbocycles. The molecule has 5 heteroatoms. The zero-order valence-electron chi connectivity index (χ0n) is 11.8. The smallest absolute Gasteiger partial charge is 0.327 e. The molecule has 0 saturated heterocycles. The number of rotatable bonds is 5. The van der Waals surface area contributed by atoms with E-state index < -0.39 is 16.4 Å². The van der Waals surface area contributed by atoms with Gasteiger partial charge in [0, 0.05) is 6.04 Å². The first-order valence-corrected chi connectivity index (χ1v) is 7.31. The van der Waals surface area contributed by atoms with Crippen molar-refractivity contribution in [2.24, 2.45) is 5.92 Å². The number of halogens is 1. The number of nitro groups is 1. The Morgan fingerprint density at radius 2 is 2.05 bits per heavy atom. The van der Waals surface area contributed by atoms with Crippen molar-refractivity contribution >= 4 is 11.4 Å². The first-order valence-electron chi connectivity index (χ1n) is 7.31. The van der Waals surface area contributed by atoms with Crippen molar-refractivity contribution < 1.29 is 9.31 Å². The summed E-state index contributed by atoms with van der Waals surface area (Å²) in [5.74, 6) is 0.000198. The second-order valence-corrected chi connectivity index (χ2v) is 5.54. The topological polar surface area (TPSA) is 55.2 Å². The fraction of sp³-hybridized carbons (Fsp3) is 0.600. The molecule has 0 aromatic heterocycles. The Morgan fingerprint density at radius 1 is 1.35 bits per heavy atom. The molecular formula is C15H21FN2O2. The van der Waals surface area contributed by atoms with Gasteiger partial charge in [-0.2, -0.15) is 4.39 Å². The van der Waals surface area contributed by atoms with E-state index in [-0.39, 0.29) is 6.04 Å². The maximum atomic E-state index is 13.5. The van der Waals surface area contributed by atoms with Crippen molar-refractivity contribution in [3.05, 3.63) is 34.1 Å². The lowest BCUT2D eigenvalue weighted by molar-refractivity contribution is -0.386. The van der Waals surface area contributed by atoms with E-state index in [1.165, 1.54) is 18.9 Å². The number of nitro benzene ring substituents is 1. The molecule has 0 atom stereocenters. The van der Waals surface area contributed by atoms with E-state index in [1.54, 1.807) is 6.07 Å². The minimum atomic E-state index is -0.778. The summed E-state index contributed by atoms with van der Waals surface area (Å²) in [5, 5.41) is 14.1. The molecular weight excluding hydrogens is 259 g/mol. The maximum Gasteiger partial charge on any atom is 0.327 e. The summed E-state index contributed by atoms with van der Waals surface area (Å²) in [6.07, 6.45) is 6.75. The Hall–Kier alpha value is -1.65. The molecule has 1 aromatic carbocycles. The van der Waals surface area contributed by atoms with E-state index in [1.807, 2.05) is 0 Å². The van der Waals surface area contributed by atoms with Crippen LogP contribution in [0.4, 0.5) is 15.8 Å². The van der Waals surface area contributed by atoms with Gasteiger partial charge in [0.05, 0.1) is 4.92 Å². The Balaban J connectivity index is 2.01. The van der Waals surface area contributed by atoms with Crippen LogP contribution in [-0.4, -0.2) is 11.0 Å². The lowest BCUT2D eigenvalue weighted by Gasteiger charge is -2.29. The highest BCUT2D eigenvalue weighted by Gasteiger charge is 2.25. The number of anilines is 1. The van der Waals surface area contributed by atoms with Crippen LogP contribution < -0.4 is 5.32 Å². The quantitative estimate of drug-likeness (QED) is 0.638. The van der Waals surface area contributed by atoms with Crippen molar-refractivity contribution in [3.63, 3.8) is 0 Å². The van der Waals surface area contributed by atoms with Crippen LogP contribution in [-0.2, 0) is 0 Å². The number of nitrogens with one attached hydrogen (secondary N) is 1. The van der Waals surface area contributed by atoms with Crippen LogP contribution >= 0.6 is 0 Å². The van der Waals surface area contributed by atoms with Crippen molar-refractivity contribution in [2.45, 2.75) is 51.5 Å². The Labute approximate surface area is 118 Å². The van der Waals surface area contributed by atoms with Crippen LogP contribution in [0.5, 0.6) is 0 Å². The average molecular weight is 280 g/mol. The van der Waals surface area contributed by atoms with Gasteiger partial charge in [0.15, 0.2) is 0 Å². The molecule has 110 valence electrons. The number of nitrogens with zero attached hydrogens (tertiary/aromatic N) is 1. The summed E-state index contributed by atoms with van der Waals surface area (Å²) in [5.41, 5.74) is -0.142. The van der Waals surface area contributed by atoms with Gasteiger partial charge in [0.25, 0.3) is 0 Å².